The van der Waals surface area contributed by atoms with Crippen molar-refractivity contribution < 1.29 is 14.3 Å². The molecule has 4 nitrogen and oxygen atoms in total. The van der Waals surface area contributed by atoms with Crippen LogP contribution in [0.4, 0.5) is 5.00 Å². The Morgan fingerprint density at radius 3 is 2.61 bits per heavy atom. The summed E-state index contributed by atoms with van der Waals surface area (Å²) >= 11 is 1.39. The molecule has 1 fully saturated rings. The Hall–Kier alpha value is -2.27. The standard InChI is InChI=1S/C23H25NO3S/c1-5-27-22(26)20-13(2)17-18(14-9-7-6-8-10-14)19-15(24-21(17)28-20)11-23(3,4)12-16(19)25/h6-10,18-19H,5,11-12H2,1-4H3. The molecule has 146 valence electrons. The number of ether oxygens (including phenoxy) is 1. The van der Waals surface area contributed by atoms with Gasteiger partial charge in [0.1, 0.15) is 15.7 Å². The molecule has 0 N–H and O–H groups in total. The average Bonchev–Trinajstić information content (AvgIpc) is 2.96. The number of fused-ring (bicyclic) bond motifs is 2. The molecule has 2 aromatic rings. The highest BCUT2D eigenvalue weighted by molar-refractivity contribution is 7.18. The maximum Gasteiger partial charge on any atom is 0.348 e. The number of hydrogen-bond acceptors (Lipinski definition) is 5. The molecule has 1 aromatic carbocycles. The second-order valence-corrected chi connectivity index (χ2v) is 9.45. The van der Waals surface area contributed by atoms with Crippen molar-refractivity contribution in [2.24, 2.45) is 16.3 Å². The zero-order chi connectivity index (χ0) is 20.1. The number of ketones is 1. The molecule has 1 aliphatic carbocycles. The molecule has 5 heteroatoms. The van der Waals surface area contributed by atoms with Gasteiger partial charge in [0, 0.05) is 23.6 Å². The van der Waals surface area contributed by atoms with Crippen molar-refractivity contribution in [3.8, 4) is 0 Å². The Labute approximate surface area is 169 Å². The Kier molecular flexibility index (Phi) is 4.74. The van der Waals surface area contributed by atoms with Gasteiger partial charge in [-0.3, -0.25) is 4.79 Å². The van der Waals surface area contributed by atoms with Gasteiger partial charge in [-0.25, -0.2) is 9.79 Å². The van der Waals surface area contributed by atoms with Crippen molar-refractivity contribution in [3.05, 3.63) is 51.9 Å². The van der Waals surface area contributed by atoms with E-state index >= 15 is 0 Å². The summed E-state index contributed by atoms with van der Waals surface area (Å²) in [5.41, 5.74) is 3.89. The molecule has 4 rings (SSSR count). The average molecular weight is 396 g/mol. The molecule has 2 unspecified atom stereocenters. The Bertz CT molecular complexity index is 971. The number of hydrogen-bond donors (Lipinski definition) is 0. The smallest absolute Gasteiger partial charge is 0.348 e. The van der Waals surface area contributed by atoms with Gasteiger partial charge in [0.15, 0.2) is 0 Å². The largest absolute Gasteiger partial charge is 0.462 e. The van der Waals surface area contributed by atoms with Crippen molar-refractivity contribution in [3.63, 3.8) is 0 Å². The number of carbonyl (C=O) groups excluding carboxylic acids is 2. The van der Waals surface area contributed by atoms with Crippen LogP contribution in [0.1, 0.15) is 65.9 Å². The topological polar surface area (TPSA) is 55.7 Å². The van der Waals surface area contributed by atoms with Crippen LogP contribution < -0.4 is 0 Å². The van der Waals surface area contributed by atoms with Crippen molar-refractivity contribution in [2.45, 2.75) is 46.5 Å². The van der Waals surface area contributed by atoms with E-state index in [-0.39, 0.29) is 29.0 Å². The van der Waals surface area contributed by atoms with Crippen molar-refractivity contribution in [1.82, 2.24) is 0 Å². The second-order valence-electron chi connectivity index (χ2n) is 8.45. The zero-order valence-corrected chi connectivity index (χ0v) is 17.6. The highest BCUT2D eigenvalue weighted by Crippen LogP contribution is 2.53. The van der Waals surface area contributed by atoms with Crippen LogP contribution in [0.25, 0.3) is 0 Å². The lowest BCUT2D eigenvalue weighted by Gasteiger charge is -2.40. The molecule has 28 heavy (non-hydrogen) atoms. The van der Waals surface area contributed by atoms with E-state index in [9.17, 15) is 9.59 Å². The SMILES string of the molecule is CCOC(=O)c1sc2c(c1C)C(c1ccccc1)C1C(=O)CC(C)(C)CC1=N2. The third kappa shape index (κ3) is 3.12. The first kappa shape index (κ1) is 19.1. The van der Waals surface area contributed by atoms with Crippen LogP contribution in [0.5, 0.6) is 0 Å². The minimum atomic E-state index is -0.305. The molecule has 2 heterocycles. The number of nitrogens with zero attached hydrogens (tertiary/aromatic N) is 1. The first-order valence-electron chi connectivity index (χ1n) is 9.78. The van der Waals surface area contributed by atoms with Gasteiger partial charge in [0.25, 0.3) is 0 Å². The summed E-state index contributed by atoms with van der Waals surface area (Å²) < 4.78 is 5.26. The number of rotatable bonds is 3. The Morgan fingerprint density at radius 2 is 1.93 bits per heavy atom. The van der Waals surface area contributed by atoms with Gasteiger partial charge < -0.3 is 4.74 Å². The van der Waals surface area contributed by atoms with Crippen LogP contribution in [-0.4, -0.2) is 24.1 Å². The van der Waals surface area contributed by atoms with Crippen LogP contribution in [0.2, 0.25) is 0 Å². The summed E-state index contributed by atoms with van der Waals surface area (Å²) in [6.45, 7) is 8.35. The van der Waals surface area contributed by atoms with Crippen LogP contribution in [-0.2, 0) is 9.53 Å². The number of thiophene rings is 1. The predicted octanol–water partition coefficient (Wildman–Crippen LogP) is 5.46. The number of esters is 1. The van der Waals surface area contributed by atoms with E-state index in [2.05, 4.69) is 26.0 Å². The summed E-state index contributed by atoms with van der Waals surface area (Å²) in [6, 6.07) is 10.1. The van der Waals surface area contributed by atoms with Gasteiger partial charge in [-0.15, -0.1) is 11.3 Å². The van der Waals surface area contributed by atoms with E-state index in [0.717, 1.165) is 33.8 Å². The summed E-state index contributed by atoms with van der Waals surface area (Å²) in [5, 5.41) is 0.853. The normalized spacial score (nSPS) is 22.9. The van der Waals surface area contributed by atoms with E-state index in [0.29, 0.717) is 17.9 Å². The third-order valence-corrected chi connectivity index (χ3v) is 6.88. The second kappa shape index (κ2) is 6.96. The number of Topliss-reactive ketones (excluding diaryl/α,β-unsaturated/α-hetero) is 1. The Morgan fingerprint density at radius 1 is 1.21 bits per heavy atom. The number of benzene rings is 1. The maximum atomic E-state index is 13.2. The molecule has 0 amide bonds. The predicted molar refractivity (Wildman–Crippen MR) is 112 cm³/mol. The van der Waals surface area contributed by atoms with E-state index in [1.807, 2.05) is 32.0 Å². The van der Waals surface area contributed by atoms with E-state index in [4.69, 9.17) is 9.73 Å². The van der Waals surface area contributed by atoms with Crippen LogP contribution >= 0.6 is 11.3 Å². The summed E-state index contributed by atoms with van der Waals surface area (Å²) in [6.07, 6.45) is 1.36. The zero-order valence-electron chi connectivity index (χ0n) is 16.7. The molecule has 2 aliphatic rings. The molecule has 2 atom stereocenters. The van der Waals surface area contributed by atoms with Crippen molar-refractivity contribution in [1.29, 1.82) is 0 Å². The molecular weight excluding hydrogens is 370 g/mol. The van der Waals surface area contributed by atoms with Gasteiger partial charge in [-0.05, 0) is 36.8 Å². The fraction of sp³-hybridized carbons (Fsp3) is 0.435. The third-order valence-electron chi connectivity index (χ3n) is 5.70. The molecule has 0 bridgehead atoms. The van der Waals surface area contributed by atoms with E-state index < -0.39 is 0 Å². The summed E-state index contributed by atoms with van der Waals surface area (Å²) in [4.78, 5) is 31.2. The molecular formula is C23H25NO3S. The minimum absolute atomic E-state index is 0.0819. The fourth-order valence-electron chi connectivity index (χ4n) is 4.59. The van der Waals surface area contributed by atoms with Gasteiger partial charge in [0.05, 0.1) is 12.5 Å². The molecule has 0 radical (unpaired) electrons. The highest BCUT2D eigenvalue weighted by Gasteiger charge is 2.47. The molecule has 0 saturated heterocycles. The maximum absolute atomic E-state index is 13.2. The van der Waals surface area contributed by atoms with Gasteiger partial charge in [0.2, 0.25) is 0 Å². The molecule has 0 spiro atoms. The van der Waals surface area contributed by atoms with Crippen molar-refractivity contribution >= 4 is 33.8 Å². The molecule has 1 saturated carbocycles. The van der Waals surface area contributed by atoms with Crippen LogP contribution in [0, 0.1) is 18.3 Å². The first-order chi connectivity index (χ1) is 13.3. The van der Waals surface area contributed by atoms with Crippen molar-refractivity contribution in [2.75, 3.05) is 6.61 Å². The lowest BCUT2D eigenvalue weighted by atomic mass is 9.63. The lowest BCUT2D eigenvalue weighted by molar-refractivity contribution is -0.124. The van der Waals surface area contributed by atoms with E-state index in [1.165, 1.54) is 11.3 Å². The highest BCUT2D eigenvalue weighted by atomic mass is 32.1. The molecule has 1 aliphatic heterocycles. The monoisotopic (exact) mass is 395 g/mol. The van der Waals surface area contributed by atoms with Gasteiger partial charge in [-0.1, -0.05) is 44.2 Å². The van der Waals surface area contributed by atoms with Gasteiger partial charge in [-0.2, -0.15) is 0 Å². The minimum Gasteiger partial charge on any atom is -0.462 e. The van der Waals surface area contributed by atoms with Crippen LogP contribution in [0.3, 0.4) is 0 Å². The van der Waals surface area contributed by atoms with E-state index in [1.54, 1.807) is 0 Å². The fourth-order valence-corrected chi connectivity index (χ4v) is 5.74. The molecule has 1 aromatic heterocycles. The van der Waals surface area contributed by atoms with Gasteiger partial charge >= 0.3 is 5.97 Å². The summed E-state index contributed by atoms with van der Waals surface area (Å²) in [5.74, 6) is -0.392. The lowest BCUT2D eigenvalue weighted by Crippen LogP contribution is -2.42. The Balaban J connectivity index is 1.92. The van der Waals surface area contributed by atoms with Crippen LogP contribution in [0.15, 0.2) is 35.3 Å². The summed E-state index contributed by atoms with van der Waals surface area (Å²) in [7, 11) is 0. The quantitative estimate of drug-likeness (QED) is 0.649. The first-order valence-corrected chi connectivity index (χ1v) is 10.6. The number of aliphatic imine (C=N–C) groups is 1. The number of carbonyl (C=O) groups is 2.